The molecular formula is C5H11N2O-. The lowest BCUT2D eigenvalue weighted by Crippen LogP contribution is -2.31. The van der Waals surface area contributed by atoms with Gasteiger partial charge in [-0.15, -0.1) is 0 Å². The summed E-state index contributed by atoms with van der Waals surface area (Å²) in [4.78, 5) is 0. The molecule has 0 aromatic heterocycles. The summed E-state index contributed by atoms with van der Waals surface area (Å²) in [6.45, 7) is 1.50. The lowest BCUT2D eigenvalue weighted by Gasteiger charge is -2.25. The van der Waals surface area contributed by atoms with Crippen molar-refractivity contribution in [1.29, 1.82) is 0 Å². The van der Waals surface area contributed by atoms with E-state index in [2.05, 4.69) is 5.43 Å². The van der Waals surface area contributed by atoms with Crippen molar-refractivity contribution in [3.63, 3.8) is 0 Å². The van der Waals surface area contributed by atoms with Crippen molar-refractivity contribution in [2.45, 2.75) is 19.3 Å². The third-order valence-electron chi connectivity index (χ3n) is 1.33. The number of hydrogen-bond donors (Lipinski definition) is 1. The first-order chi connectivity index (χ1) is 3.89. The molecule has 0 saturated carbocycles. The molecule has 3 heteroatoms. The van der Waals surface area contributed by atoms with Gasteiger partial charge in [-0.25, -0.2) is 0 Å². The molecule has 0 aromatic rings. The van der Waals surface area contributed by atoms with E-state index in [9.17, 15) is 5.21 Å². The highest BCUT2D eigenvalue weighted by Gasteiger charge is 1.96. The number of hydrazine groups is 1. The van der Waals surface area contributed by atoms with Gasteiger partial charge >= 0.3 is 0 Å². The first-order valence-corrected chi connectivity index (χ1v) is 3.08. The minimum absolute atomic E-state index is 0.653. The van der Waals surface area contributed by atoms with Crippen LogP contribution in [0.25, 0.3) is 0 Å². The fourth-order valence-electron chi connectivity index (χ4n) is 0.840. The Labute approximate surface area is 49.2 Å². The maximum atomic E-state index is 10.5. The predicted molar refractivity (Wildman–Crippen MR) is 31.9 cm³/mol. The van der Waals surface area contributed by atoms with Crippen LogP contribution in [0.5, 0.6) is 0 Å². The van der Waals surface area contributed by atoms with E-state index in [1.54, 1.807) is 0 Å². The topological polar surface area (TPSA) is 38.3 Å². The minimum atomic E-state index is 0.653. The van der Waals surface area contributed by atoms with Crippen LogP contribution in [0.2, 0.25) is 0 Å². The predicted octanol–water partition coefficient (Wildman–Crippen LogP) is 0.475. The largest absolute Gasteiger partial charge is 0.772 e. The van der Waals surface area contributed by atoms with Gasteiger partial charge in [0.15, 0.2) is 0 Å². The molecule has 0 aromatic carbocycles. The van der Waals surface area contributed by atoms with Gasteiger partial charge in [0.1, 0.15) is 0 Å². The van der Waals surface area contributed by atoms with Crippen LogP contribution in [0.3, 0.4) is 0 Å². The van der Waals surface area contributed by atoms with Crippen LogP contribution >= 0.6 is 0 Å². The average molecular weight is 115 g/mol. The Morgan fingerprint density at radius 3 is 3.00 bits per heavy atom. The molecule has 1 rings (SSSR count). The fourth-order valence-corrected chi connectivity index (χ4v) is 0.840. The third kappa shape index (κ3) is 1.78. The van der Waals surface area contributed by atoms with Crippen LogP contribution in [0, 0.1) is 5.21 Å². The molecular weight excluding hydrogens is 104 g/mol. The minimum Gasteiger partial charge on any atom is -0.772 e. The van der Waals surface area contributed by atoms with Gasteiger partial charge in [0, 0.05) is 6.54 Å². The summed E-state index contributed by atoms with van der Waals surface area (Å²) in [5.74, 6) is 0. The highest BCUT2D eigenvalue weighted by molar-refractivity contribution is 4.57. The summed E-state index contributed by atoms with van der Waals surface area (Å²) in [7, 11) is 0. The van der Waals surface area contributed by atoms with Gasteiger partial charge in [0.05, 0.1) is 0 Å². The second-order valence-corrected chi connectivity index (χ2v) is 2.07. The molecule has 3 nitrogen and oxygen atoms in total. The number of nitrogens with zero attached hydrogens (tertiary/aromatic N) is 1. The fraction of sp³-hybridized carbons (Fsp3) is 1.00. The first kappa shape index (κ1) is 6.01. The molecule has 1 heterocycles. The monoisotopic (exact) mass is 115 g/mol. The Morgan fingerprint density at radius 2 is 2.12 bits per heavy atom. The molecule has 1 saturated heterocycles. The van der Waals surface area contributed by atoms with Crippen molar-refractivity contribution in [1.82, 2.24) is 10.6 Å². The standard InChI is InChI=1S/C5H11N2O/c8-7-5-3-1-2-4-6-7/h6H,1-5H2/q-1. The zero-order chi connectivity index (χ0) is 5.82. The Bertz CT molecular complexity index is 59.4. The first-order valence-electron chi connectivity index (χ1n) is 3.08. The Balaban J connectivity index is 2.17. The maximum Gasteiger partial charge on any atom is 0.00923 e. The average Bonchev–Trinajstić information content (AvgIpc) is 1.94. The van der Waals surface area contributed by atoms with Crippen molar-refractivity contribution in [3.8, 4) is 0 Å². The zero-order valence-corrected chi connectivity index (χ0v) is 4.89. The summed E-state index contributed by atoms with van der Waals surface area (Å²) in [6.07, 6.45) is 3.36. The van der Waals surface area contributed by atoms with Crippen LogP contribution in [0.1, 0.15) is 19.3 Å². The van der Waals surface area contributed by atoms with Crippen LogP contribution in [-0.2, 0) is 0 Å². The van der Waals surface area contributed by atoms with Gasteiger partial charge in [-0.1, -0.05) is 6.42 Å². The second-order valence-electron chi connectivity index (χ2n) is 2.07. The van der Waals surface area contributed by atoms with E-state index < -0.39 is 0 Å². The Hall–Kier alpha value is -0.120. The SMILES string of the molecule is [O-]N1CCCCCN1. The normalized spacial score (nSPS) is 25.1. The lowest BCUT2D eigenvalue weighted by molar-refractivity contribution is 0.292. The van der Waals surface area contributed by atoms with Crippen molar-refractivity contribution in [2.75, 3.05) is 13.1 Å². The molecule has 0 bridgehead atoms. The summed E-state index contributed by atoms with van der Waals surface area (Å²) < 4.78 is 0. The summed E-state index contributed by atoms with van der Waals surface area (Å²) >= 11 is 0. The van der Waals surface area contributed by atoms with E-state index in [0.29, 0.717) is 6.54 Å². The van der Waals surface area contributed by atoms with E-state index in [1.165, 1.54) is 6.42 Å². The molecule has 0 unspecified atom stereocenters. The van der Waals surface area contributed by atoms with E-state index in [0.717, 1.165) is 24.6 Å². The van der Waals surface area contributed by atoms with Crippen LogP contribution in [0.15, 0.2) is 0 Å². The van der Waals surface area contributed by atoms with E-state index in [1.807, 2.05) is 0 Å². The van der Waals surface area contributed by atoms with E-state index in [4.69, 9.17) is 0 Å². The van der Waals surface area contributed by atoms with E-state index >= 15 is 0 Å². The summed E-state index contributed by atoms with van der Waals surface area (Å²) in [5.41, 5.74) is 2.72. The number of hydroxylamine groups is 1. The van der Waals surface area contributed by atoms with Crippen molar-refractivity contribution >= 4 is 0 Å². The van der Waals surface area contributed by atoms with Gasteiger partial charge in [0.25, 0.3) is 0 Å². The van der Waals surface area contributed by atoms with Crippen molar-refractivity contribution in [3.05, 3.63) is 5.21 Å². The van der Waals surface area contributed by atoms with Gasteiger partial charge in [-0.05, 0) is 19.4 Å². The molecule has 8 heavy (non-hydrogen) atoms. The van der Waals surface area contributed by atoms with Gasteiger partial charge in [0.2, 0.25) is 0 Å². The van der Waals surface area contributed by atoms with E-state index in [-0.39, 0.29) is 0 Å². The lowest BCUT2D eigenvalue weighted by atomic mass is 10.2. The highest BCUT2D eigenvalue weighted by atomic mass is 16.5. The van der Waals surface area contributed by atoms with Crippen LogP contribution < -0.4 is 5.43 Å². The molecule has 1 fully saturated rings. The Kier molecular flexibility index (Phi) is 2.27. The number of nitrogens with one attached hydrogen (secondary N) is 1. The molecule has 1 aliphatic rings. The molecule has 0 radical (unpaired) electrons. The zero-order valence-electron chi connectivity index (χ0n) is 4.89. The number of rotatable bonds is 0. The van der Waals surface area contributed by atoms with Gasteiger partial charge in [-0.3, -0.25) is 5.43 Å². The maximum absolute atomic E-state index is 10.5. The molecule has 0 atom stereocenters. The quantitative estimate of drug-likeness (QED) is 0.499. The van der Waals surface area contributed by atoms with Gasteiger partial charge < -0.3 is 10.4 Å². The highest BCUT2D eigenvalue weighted by Crippen LogP contribution is 1.99. The number of hydrogen-bond acceptors (Lipinski definition) is 3. The molecule has 1 aliphatic heterocycles. The van der Waals surface area contributed by atoms with Crippen molar-refractivity contribution in [2.24, 2.45) is 0 Å². The molecule has 0 spiro atoms. The molecule has 0 aliphatic carbocycles. The smallest absolute Gasteiger partial charge is 0.00923 e. The van der Waals surface area contributed by atoms with Gasteiger partial charge in [-0.2, -0.15) is 0 Å². The summed E-state index contributed by atoms with van der Waals surface area (Å²) in [5, 5.41) is 11.4. The Morgan fingerprint density at radius 1 is 1.25 bits per heavy atom. The van der Waals surface area contributed by atoms with Crippen molar-refractivity contribution < 1.29 is 0 Å². The molecule has 48 valence electrons. The van der Waals surface area contributed by atoms with Crippen LogP contribution in [-0.4, -0.2) is 18.3 Å². The molecule has 0 amide bonds. The second kappa shape index (κ2) is 3.02. The van der Waals surface area contributed by atoms with Crippen LogP contribution in [0.4, 0.5) is 0 Å². The molecule has 1 N–H and O–H groups in total. The third-order valence-corrected chi connectivity index (χ3v) is 1.33. The summed E-state index contributed by atoms with van der Waals surface area (Å²) in [6, 6.07) is 0.